The summed E-state index contributed by atoms with van der Waals surface area (Å²) in [6.07, 6.45) is 1.19. The molecule has 0 unspecified atom stereocenters. The van der Waals surface area contributed by atoms with Crippen molar-refractivity contribution in [3.05, 3.63) is 51.8 Å². The largest absolute Gasteiger partial charge is 0.507 e. The van der Waals surface area contributed by atoms with Gasteiger partial charge in [0.25, 0.3) is 5.56 Å². The van der Waals surface area contributed by atoms with E-state index in [1.165, 1.54) is 23.9 Å². The number of carbonyl (C=O) groups is 1. The minimum atomic E-state index is -0.580. The van der Waals surface area contributed by atoms with Crippen LogP contribution < -0.4 is 5.56 Å². The average Bonchev–Trinajstić information content (AvgIpc) is 2.83. The first-order valence-corrected chi connectivity index (χ1v) is 6.04. The number of hydrogen-bond donors (Lipinski definition) is 1. The molecule has 6 nitrogen and oxygen atoms in total. The number of furan rings is 1. The molecule has 0 saturated carbocycles. The fraction of sp³-hybridized carbons (Fsp3) is 0.286. The van der Waals surface area contributed by atoms with Crippen LogP contribution in [0.3, 0.4) is 0 Å². The molecule has 0 spiro atoms. The number of aryl methyl sites for hydroxylation is 1. The molecule has 2 heterocycles. The number of pyridine rings is 1. The van der Waals surface area contributed by atoms with Crippen molar-refractivity contribution in [1.82, 2.24) is 4.57 Å². The predicted octanol–water partition coefficient (Wildman–Crippen LogP) is 1.22. The minimum Gasteiger partial charge on any atom is -0.507 e. The first kappa shape index (κ1) is 13.9. The molecule has 2 aromatic heterocycles. The number of hydrogen-bond acceptors (Lipinski definition) is 5. The highest BCUT2D eigenvalue weighted by molar-refractivity contribution is 5.73. The van der Waals surface area contributed by atoms with E-state index in [0.29, 0.717) is 5.76 Å². The minimum absolute atomic E-state index is 0.0163. The normalized spacial score (nSPS) is 10.5. The summed E-state index contributed by atoms with van der Waals surface area (Å²) in [4.78, 5) is 23.5. The zero-order valence-corrected chi connectivity index (χ0v) is 11.3. The van der Waals surface area contributed by atoms with Gasteiger partial charge in [-0.15, -0.1) is 0 Å². The van der Waals surface area contributed by atoms with Crippen molar-refractivity contribution in [2.24, 2.45) is 0 Å². The summed E-state index contributed by atoms with van der Waals surface area (Å²) in [6.45, 7) is 2.05. The monoisotopic (exact) mass is 277 g/mol. The highest BCUT2D eigenvalue weighted by atomic mass is 16.5. The molecule has 20 heavy (non-hydrogen) atoms. The van der Waals surface area contributed by atoms with Crippen LogP contribution in [0.1, 0.15) is 17.1 Å². The maximum absolute atomic E-state index is 12.2. The van der Waals surface area contributed by atoms with Crippen LogP contribution in [0.15, 0.2) is 33.6 Å². The first-order chi connectivity index (χ1) is 9.51. The van der Waals surface area contributed by atoms with Crippen molar-refractivity contribution < 1.29 is 19.1 Å². The van der Waals surface area contributed by atoms with Gasteiger partial charge >= 0.3 is 5.97 Å². The number of nitrogens with zero attached hydrogens (tertiary/aromatic N) is 1. The van der Waals surface area contributed by atoms with Gasteiger partial charge in [0.05, 0.1) is 25.6 Å². The Labute approximate surface area is 115 Å². The molecule has 0 fully saturated rings. The van der Waals surface area contributed by atoms with E-state index in [4.69, 9.17) is 4.42 Å². The Hall–Kier alpha value is -2.50. The summed E-state index contributed by atoms with van der Waals surface area (Å²) in [5, 5.41) is 9.69. The molecule has 0 atom stereocenters. The standard InChI is InChI=1S/C14H15NO5/c1-9-3-4-10(20-9)8-15-6-5-12(16)11(14(15)18)7-13(17)19-2/h3-6,16H,7-8H2,1-2H3. The molecule has 1 N–H and O–H groups in total. The molecule has 2 aromatic rings. The van der Waals surface area contributed by atoms with Crippen LogP contribution in [-0.2, 0) is 22.5 Å². The van der Waals surface area contributed by atoms with Crippen molar-refractivity contribution in [3.8, 4) is 5.75 Å². The third-order valence-electron chi connectivity index (χ3n) is 2.91. The van der Waals surface area contributed by atoms with Crippen LogP contribution in [0.4, 0.5) is 0 Å². The number of carbonyl (C=O) groups excluding carboxylic acids is 1. The lowest BCUT2D eigenvalue weighted by molar-refractivity contribution is -0.139. The number of rotatable bonds is 4. The molecule has 0 radical (unpaired) electrons. The summed E-state index contributed by atoms with van der Waals surface area (Å²) < 4.78 is 11.3. The SMILES string of the molecule is COC(=O)Cc1c(O)ccn(Cc2ccc(C)o2)c1=O. The Balaban J connectivity index is 2.33. The molecular weight excluding hydrogens is 262 g/mol. The molecule has 0 bridgehead atoms. The quantitative estimate of drug-likeness (QED) is 0.850. The van der Waals surface area contributed by atoms with Gasteiger partial charge in [0.1, 0.15) is 17.3 Å². The lowest BCUT2D eigenvalue weighted by Crippen LogP contribution is -2.25. The molecule has 0 aliphatic rings. The van der Waals surface area contributed by atoms with Crippen molar-refractivity contribution in [2.45, 2.75) is 19.9 Å². The van der Waals surface area contributed by atoms with E-state index in [2.05, 4.69) is 4.74 Å². The Bertz CT molecular complexity index is 683. The third-order valence-corrected chi connectivity index (χ3v) is 2.91. The maximum atomic E-state index is 12.2. The molecule has 6 heteroatoms. The van der Waals surface area contributed by atoms with E-state index in [0.717, 1.165) is 5.76 Å². The van der Waals surface area contributed by atoms with E-state index in [1.54, 1.807) is 12.1 Å². The predicted molar refractivity (Wildman–Crippen MR) is 70.6 cm³/mol. The number of esters is 1. The molecule has 0 aromatic carbocycles. The van der Waals surface area contributed by atoms with Crippen molar-refractivity contribution in [1.29, 1.82) is 0 Å². The lowest BCUT2D eigenvalue weighted by Gasteiger charge is -2.08. The van der Waals surface area contributed by atoms with E-state index in [-0.39, 0.29) is 24.3 Å². The highest BCUT2D eigenvalue weighted by Gasteiger charge is 2.14. The van der Waals surface area contributed by atoms with Gasteiger partial charge in [-0.2, -0.15) is 0 Å². The number of methoxy groups -OCH3 is 1. The molecule has 0 aliphatic heterocycles. The van der Waals surface area contributed by atoms with Gasteiger partial charge in [0.2, 0.25) is 0 Å². The summed E-state index contributed by atoms with van der Waals surface area (Å²) in [5.74, 6) is 0.581. The Kier molecular flexibility index (Phi) is 3.93. The first-order valence-electron chi connectivity index (χ1n) is 6.04. The second-order valence-corrected chi connectivity index (χ2v) is 4.38. The van der Waals surface area contributed by atoms with Crippen molar-refractivity contribution >= 4 is 5.97 Å². The zero-order valence-electron chi connectivity index (χ0n) is 11.3. The fourth-order valence-corrected chi connectivity index (χ4v) is 1.86. The molecule has 2 rings (SSSR count). The van der Waals surface area contributed by atoms with Crippen molar-refractivity contribution in [3.63, 3.8) is 0 Å². The van der Waals surface area contributed by atoms with Crippen LogP contribution >= 0.6 is 0 Å². The number of aromatic nitrogens is 1. The molecule has 0 amide bonds. The van der Waals surface area contributed by atoms with Crippen LogP contribution in [0.25, 0.3) is 0 Å². The summed E-state index contributed by atoms with van der Waals surface area (Å²) in [7, 11) is 1.23. The highest BCUT2D eigenvalue weighted by Crippen LogP contribution is 2.14. The van der Waals surface area contributed by atoms with Crippen LogP contribution in [-0.4, -0.2) is 22.8 Å². The maximum Gasteiger partial charge on any atom is 0.310 e. The number of aromatic hydroxyl groups is 1. The lowest BCUT2D eigenvalue weighted by atomic mass is 10.2. The fourth-order valence-electron chi connectivity index (χ4n) is 1.86. The van der Waals surface area contributed by atoms with Gasteiger partial charge in [-0.05, 0) is 25.1 Å². The van der Waals surface area contributed by atoms with E-state index in [9.17, 15) is 14.7 Å². The average molecular weight is 277 g/mol. The Morgan fingerprint density at radius 1 is 1.40 bits per heavy atom. The van der Waals surface area contributed by atoms with Crippen LogP contribution in [0.5, 0.6) is 5.75 Å². The van der Waals surface area contributed by atoms with Gasteiger partial charge in [-0.3, -0.25) is 9.59 Å². The summed E-state index contributed by atoms with van der Waals surface area (Å²) in [6, 6.07) is 4.94. The van der Waals surface area contributed by atoms with Crippen LogP contribution in [0.2, 0.25) is 0 Å². The topological polar surface area (TPSA) is 81.7 Å². The summed E-state index contributed by atoms with van der Waals surface area (Å²) in [5.41, 5.74) is -0.424. The van der Waals surface area contributed by atoms with Gasteiger partial charge in [-0.1, -0.05) is 0 Å². The van der Waals surface area contributed by atoms with E-state index in [1.807, 2.05) is 6.92 Å². The van der Waals surface area contributed by atoms with Gasteiger partial charge in [0, 0.05) is 6.20 Å². The molecule has 106 valence electrons. The summed E-state index contributed by atoms with van der Waals surface area (Å²) >= 11 is 0. The van der Waals surface area contributed by atoms with Crippen LogP contribution in [0, 0.1) is 6.92 Å². The smallest absolute Gasteiger partial charge is 0.310 e. The third kappa shape index (κ3) is 2.90. The van der Waals surface area contributed by atoms with Gasteiger partial charge in [0.15, 0.2) is 0 Å². The Morgan fingerprint density at radius 2 is 2.15 bits per heavy atom. The van der Waals surface area contributed by atoms with Gasteiger partial charge in [-0.25, -0.2) is 0 Å². The van der Waals surface area contributed by atoms with Gasteiger partial charge < -0.3 is 18.8 Å². The molecular formula is C14H15NO5. The second-order valence-electron chi connectivity index (χ2n) is 4.38. The molecule has 0 aliphatic carbocycles. The second kappa shape index (κ2) is 5.64. The molecule has 0 saturated heterocycles. The number of ether oxygens (including phenoxy) is 1. The zero-order chi connectivity index (χ0) is 14.7. The van der Waals surface area contributed by atoms with E-state index >= 15 is 0 Å². The van der Waals surface area contributed by atoms with E-state index < -0.39 is 11.5 Å². The Morgan fingerprint density at radius 3 is 2.75 bits per heavy atom. The van der Waals surface area contributed by atoms with Crippen molar-refractivity contribution in [2.75, 3.05) is 7.11 Å².